The lowest BCUT2D eigenvalue weighted by molar-refractivity contribution is -0.111. The molecule has 0 saturated heterocycles. The van der Waals surface area contributed by atoms with Gasteiger partial charge in [-0.3, -0.25) is 4.79 Å². The van der Waals surface area contributed by atoms with Crippen LogP contribution in [-0.2, 0) is 11.4 Å². The van der Waals surface area contributed by atoms with Crippen molar-refractivity contribution >= 4 is 17.2 Å². The molecule has 4 nitrogen and oxygen atoms in total. The van der Waals surface area contributed by atoms with Crippen molar-refractivity contribution in [3.63, 3.8) is 0 Å². The minimum absolute atomic E-state index is 0.0505. The van der Waals surface area contributed by atoms with Gasteiger partial charge < -0.3 is 15.2 Å². The molecule has 0 radical (unpaired) electrons. The molecule has 0 aromatic heterocycles. The summed E-state index contributed by atoms with van der Waals surface area (Å²) >= 11 is 0. The highest BCUT2D eigenvalue weighted by Crippen LogP contribution is 2.22. The Hall–Kier alpha value is -2.59. The topological polar surface area (TPSA) is 58.6 Å². The molecule has 4 heteroatoms. The number of aryl methyl sites for hydroxylation is 1. The number of aliphatic hydroxyl groups excluding tert-OH is 1. The van der Waals surface area contributed by atoms with Crippen LogP contribution in [0.2, 0.25) is 0 Å². The lowest BCUT2D eigenvalue weighted by atomic mass is 10.0. The van der Waals surface area contributed by atoms with Gasteiger partial charge in [0.05, 0.1) is 13.7 Å². The lowest BCUT2D eigenvalue weighted by Crippen LogP contribution is -2.10. The van der Waals surface area contributed by atoms with Crippen molar-refractivity contribution in [1.82, 2.24) is 0 Å². The first kappa shape index (κ1) is 17.8. The summed E-state index contributed by atoms with van der Waals surface area (Å²) < 4.78 is 5.16. The lowest BCUT2D eigenvalue weighted by Gasteiger charge is -2.10. The number of aliphatic hydroxyl groups is 1. The van der Waals surface area contributed by atoms with Crippen LogP contribution in [0.4, 0.5) is 5.69 Å². The Balaban J connectivity index is 2.19. The average Bonchev–Trinajstić information content (AvgIpc) is 2.61. The summed E-state index contributed by atoms with van der Waals surface area (Å²) in [4.78, 5) is 12.4. The quantitative estimate of drug-likeness (QED) is 0.791. The van der Waals surface area contributed by atoms with E-state index in [0.717, 1.165) is 34.4 Å². The molecule has 0 aliphatic rings. The van der Waals surface area contributed by atoms with Crippen molar-refractivity contribution < 1.29 is 14.6 Å². The number of methoxy groups -OCH3 is 1. The van der Waals surface area contributed by atoms with E-state index in [4.69, 9.17) is 4.74 Å². The predicted octanol–water partition coefficient (Wildman–Crippen LogP) is 3.93. The number of anilines is 1. The van der Waals surface area contributed by atoms with Gasteiger partial charge in [-0.15, -0.1) is 0 Å². The Morgan fingerprint density at radius 2 is 1.92 bits per heavy atom. The highest BCUT2D eigenvalue weighted by Gasteiger charge is 2.07. The van der Waals surface area contributed by atoms with E-state index >= 15 is 0 Å². The maximum Gasteiger partial charge on any atom is 0.248 e. The van der Waals surface area contributed by atoms with Crippen molar-refractivity contribution in [2.75, 3.05) is 12.4 Å². The molecule has 0 aliphatic carbocycles. The predicted molar refractivity (Wildman–Crippen MR) is 97.0 cm³/mol. The number of ether oxygens (including phenoxy) is 1. The van der Waals surface area contributed by atoms with Crippen LogP contribution in [0.3, 0.4) is 0 Å². The summed E-state index contributed by atoms with van der Waals surface area (Å²) in [6.45, 7) is 3.89. The first-order valence-corrected chi connectivity index (χ1v) is 7.93. The van der Waals surface area contributed by atoms with Crippen LogP contribution < -0.4 is 10.1 Å². The van der Waals surface area contributed by atoms with Crippen LogP contribution >= 0.6 is 0 Å². The van der Waals surface area contributed by atoms with Crippen LogP contribution in [0, 0.1) is 6.92 Å². The van der Waals surface area contributed by atoms with E-state index < -0.39 is 0 Å². The van der Waals surface area contributed by atoms with E-state index in [9.17, 15) is 9.90 Å². The van der Waals surface area contributed by atoms with E-state index in [1.807, 2.05) is 50.2 Å². The highest BCUT2D eigenvalue weighted by atomic mass is 16.5. The van der Waals surface area contributed by atoms with Crippen LogP contribution in [0.5, 0.6) is 5.75 Å². The fourth-order valence-electron chi connectivity index (χ4n) is 2.42. The summed E-state index contributed by atoms with van der Waals surface area (Å²) in [5.74, 6) is 0.607. The van der Waals surface area contributed by atoms with E-state index in [0.29, 0.717) is 5.69 Å². The second-order valence-electron chi connectivity index (χ2n) is 5.55. The van der Waals surface area contributed by atoms with Crippen LogP contribution in [0.1, 0.15) is 30.0 Å². The number of benzene rings is 2. The zero-order valence-corrected chi connectivity index (χ0v) is 14.3. The molecule has 2 aromatic rings. The molecular formula is C20H23NO3. The van der Waals surface area contributed by atoms with Gasteiger partial charge in [0.15, 0.2) is 0 Å². The second kappa shape index (κ2) is 8.31. The molecule has 0 unspecified atom stereocenters. The molecule has 0 saturated carbocycles. The number of hydrogen-bond acceptors (Lipinski definition) is 3. The third-order valence-corrected chi connectivity index (χ3v) is 3.89. The molecule has 0 aliphatic heterocycles. The highest BCUT2D eigenvalue weighted by molar-refractivity contribution is 6.04. The fraction of sp³-hybridized carbons (Fsp3) is 0.250. The van der Waals surface area contributed by atoms with Gasteiger partial charge in [0.1, 0.15) is 5.75 Å². The van der Waals surface area contributed by atoms with Crippen LogP contribution in [0.15, 0.2) is 48.5 Å². The Bertz CT molecular complexity index is 733. The van der Waals surface area contributed by atoms with E-state index in [1.54, 1.807) is 19.3 Å². The fourth-order valence-corrected chi connectivity index (χ4v) is 2.42. The minimum atomic E-state index is -0.180. The number of rotatable bonds is 6. The summed E-state index contributed by atoms with van der Waals surface area (Å²) in [5.41, 5.74) is 4.38. The molecule has 2 rings (SSSR count). The number of amides is 1. The van der Waals surface area contributed by atoms with E-state index in [2.05, 4.69) is 5.32 Å². The summed E-state index contributed by atoms with van der Waals surface area (Å²) in [7, 11) is 1.63. The number of carbonyl (C=O) groups is 1. The molecule has 0 heterocycles. The minimum Gasteiger partial charge on any atom is -0.497 e. The first-order valence-electron chi connectivity index (χ1n) is 7.93. The van der Waals surface area contributed by atoms with Crippen molar-refractivity contribution in [3.8, 4) is 5.75 Å². The summed E-state index contributed by atoms with van der Waals surface area (Å²) in [6.07, 6.45) is 2.36. The molecule has 0 fully saturated rings. The van der Waals surface area contributed by atoms with Gasteiger partial charge in [-0.25, -0.2) is 0 Å². The Kier molecular flexibility index (Phi) is 6.15. The van der Waals surface area contributed by atoms with Crippen LogP contribution in [-0.4, -0.2) is 18.1 Å². The number of nitrogens with one attached hydrogen (secondary N) is 1. The Labute approximate surface area is 142 Å². The number of hydrogen-bond donors (Lipinski definition) is 2. The normalized spacial score (nSPS) is 11.2. The van der Waals surface area contributed by atoms with Gasteiger partial charge in [0.2, 0.25) is 5.91 Å². The van der Waals surface area contributed by atoms with Gasteiger partial charge in [-0.05, 0) is 53.8 Å². The standard InChI is InChI=1S/C20H23NO3/c1-4-16(17-7-9-18(24-3)10-8-17)12-20(23)21-19-11-15(13-22)6-5-14(19)2/h5-12,22H,4,13H2,1-3H3,(H,21,23)/b16-12-. The third kappa shape index (κ3) is 4.46. The third-order valence-electron chi connectivity index (χ3n) is 3.89. The molecule has 0 atom stereocenters. The SMILES string of the molecule is CC/C(=C/C(=O)Nc1cc(CO)ccc1C)c1ccc(OC)cc1. The van der Waals surface area contributed by atoms with E-state index in [-0.39, 0.29) is 12.5 Å². The first-order chi connectivity index (χ1) is 11.6. The molecule has 2 N–H and O–H groups in total. The molecule has 24 heavy (non-hydrogen) atoms. The molecule has 1 amide bonds. The second-order valence-corrected chi connectivity index (χ2v) is 5.55. The molecular weight excluding hydrogens is 302 g/mol. The van der Waals surface area contributed by atoms with Gasteiger partial charge in [-0.1, -0.05) is 31.2 Å². The van der Waals surface area contributed by atoms with Crippen molar-refractivity contribution in [2.45, 2.75) is 26.9 Å². The summed E-state index contributed by atoms with van der Waals surface area (Å²) in [5, 5.41) is 12.1. The molecule has 0 spiro atoms. The summed E-state index contributed by atoms with van der Waals surface area (Å²) in [6, 6.07) is 13.2. The van der Waals surface area contributed by atoms with Crippen molar-refractivity contribution in [1.29, 1.82) is 0 Å². The smallest absolute Gasteiger partial charge is 0.248 e. The van der Waals surface area contributed by atoms with Gasteiger partial charge in [0, 0.05) is 11.8 Å². The van der Waals surface area contributed by atoms with Gasteiger partial charge in [0.25, 0.3) is 0 Å². The maximum atomic E-state index is 12.4. The number of allylic oxidation sites excluding steroid dienone is 1. The molecule has 0 bridgehead atoms. The van der Waals surface area contributed by atoms with Gasteiger partial charge in [-0.2, -0.15) is 0 Å². The Morgan fingerprint density at radius 3 is 2.50 bits per heavy atom. The van der Waals surface area contributed by atoms with Crippen LogP contribution in [0.25, 0.3) is 5.57 Å². The Morgan fingerprint density at radius 1 is 1.21 bits per heavy atom. The van der Waals surface area contributed by atoms with Gasteiger partial charge >= 0.3 is 0 Å². The van der Waals surface area contributed by atoms with Crippen molar-refractivity contribution in [2.24, 2.45) is 0 Å². The van der Waals surface area contributed by atoms with E-state index in [1.165, 1.54) is 0 Å². The molecule has 2 aromatic carbocycles. The molecule has 126 valence electrons. The zero-order chi connectivity index (χ0) is 17.5. The largest absolute Gasteiger partial charge is 0.497 e. The average molecular weight is 325 g/mol. The monoisotopic (exact) mass is 325 g/mol. The number of carbonyl (C=O) groups excluding carboxylic acids is 1. The maximum absolute atomic E-state index is 12.4. The zero-order valence-electron chi connectivity index (χ0n) is 14.3. The van der Waals surface area contributed by atoms with Crippen molar-refractivity contribution in [3.05, 3.63) is 65.2 Å².